The molecule has 3 aromatic rings. The Morgan fingerprint density at radius 3 is 2.63 bits per heavy atom. The molecule has 6 heteroatoms. The molecule has 2 aromatic carbocycles. The number of pyridine rings is 1. The zero-order valence-electron chi connectivity index (χ0n) is 15.6. The van der Waals surface area contributed by atoms with Gasteiger partial charge in [-0.1, -0.05) is 42.5 Å². The van der Waals surface area contributed by atoms with Gasteiger partial charge >= 0.3 is 0 Å². The third kappa shape index (κ3) is 5.56. The molecule has 142 valence electrons. The van der Waals surface area contributed by atoms with Crippen molar-refractivity contribution in [1.29, 1.82) is 0 Å². The van der Waals surface area contributed by atoms with Crippen LogP contribution in [-0.4, -0.2) is 24.6 Å². The van der Waals surface area contributed by atoms with Crippen molar-refractivity contribution in [2.24, 2.45) is 4.99 Å². The van der Waals surface area contributed by atoms with Crippen LogP contribution in [0.4, 0.5) is 0 Å². The summed E-state index contributed by atoms with van der Waals surface area (Å²) in [4.78, 5) is 9.19. The van der Waals surface area contributed by atoms with Crippen LogP contribution in [0.25, 0.3) is 10.8 Å². The minimum Gasteiger partial charge on any atom is -0.496 e. The highest BCUT2D eigenvalue weighted by molar-refractivity contribution is 14.0. The summed E-state index contributed by atoms with van der Waals surface area (Å²) in [5.74, 6) is 1.61. The highest BCUT2D eigenvalue weighted by Crippen LogP contribution is 2.18. The van der Waals surface area contributed by atoms with Crippen LogP contribution in [0.5, 0.6) is 5.75 Å². The van der Waals surface area contributed by atoms with E-state index in [1.807, 2.05) is 48.7 Å². The molecule has 0 aliphatic rings. The highest BCUT2D eigenvalue weighted by atomic mass is 127. The first-order valence-electron chi connectivity index (χ1n) is 8.78. The van der Waals surface area contributed by atoms with E-state index in [1.54, 1.807) is 7.11 Å². The fraction of sp³-hybridized carbons (Fsp3) is 0.238. The molecule has 0 unspecified atom stereocenters. The van der Waals surface area contributed by atoms with Crippen LogP contribution >= 0.6 is 24.0 Å². The SMILES string of the molecule is CCNC(=NCc1ccccc1OC)NCc1nccc2ccccc12.I. The zero-order chi connectivity index (χ0) is 18.2. The quantitative estimate of drug-likeness (QED) is 0.320. The third-order valence-electron chi connectivity index (χ3n) is 4.12. The highest BCUT2D eigenvalue weighted by Gasteiger charge is 2.05. The van der Waals surface area contributed by atoms with Crippen LogP contribution < -0.4 is 15.4 Å². The van der Waals surface area contributed by atoms with E-state index in [4.69, 9.17) is 4.74 Å². The lowest BCUT2D eigenvalue weighted by molar-refractivity contribution is 0.410. The molecule has 0 amide bonds. The van der Waals surface area contributed by atoms with Gasteiger partial charge in [0.2, 0.25) is 0 Å². The Hall–Kier alpha value is -2.35. The summed E-state index contributed by atoms with van der Waals surface area (Å²) in [6, 6.07) is 18.2. The number of nitrogens with zero attached hydrogens (tertiary/aromatic N) is 2. The van der Waals surface area contributed by atoms with Crippen molar-refractivity contribution in [3.8, 4) is 5.75 Å². The predicted molar refractivity (Wildman–Crippen MR) is 122 cm³/mol. The third-order valence-corrected chi connectivity index (χ3v) is 4.12. The number of halogens is 1. The van der Waals surface area contributed by atoms with Crippen LogP contribution in [-0.2, 0) is 13.1 Å². The second kappa shape index (κ2) is 10.7. The molecular formula is C21H25IN4O. The fourth-order valence-corrected chi connectivity index (χ4v) is 2.83. The van der Waals surface area contributed by atoms with Crippen LogP contribution in [0.1, 0.15) is 18.2 Å². The van der Waals surface area contributed by atoms with Gasteiger partial charge in [-0.25, -0.2) is 4.99 Å². The Morgan fingerprint density at radius 2 is 1.81 bits per heavy atom. The molecule has 0 atom stereocenters. The molecule has 3 rings (SSSR count). The van der Waals surface area contributed by atoms with Gasteiger partial charge < -0.3 is 15.4 Å². The predicted octanol–water partition coefficient (Wildman–Crippen LogP) is 4.12. The number of para-hydroxylation sites is 1. The number of aliphatic imine (C=N–C) groups is 1. The summed E-state index contributed by atoms with van der Waals surface area (Å²) < 4.78 is 5.40. The number of aromatic nitrogens is 1. The Morgan fingerprint density at radius 1 is 1.04 bits per heavy atom. The van der Waals surface area contributed by atoms with Crippen LogP contribution in [0, 0.1) is 0 Å². The molecule has 0 saturated carbocycles. The topological polar surface area (TPSA) is 58.5 Å². The molecule has 27 heavy (non-hydrogen) atoms. The minimum absolute atomic E-state index is 0. The van der Waals surface area contributed by atoms with E-state index >= 15 is 0 Å². The Balaban J connectivity index is 0.00000261. The first kappa shape index (κ1) is 21.0. The summed E-state index contributed by atoms with van der Waals surface area (Å²) in [5.41, 5.74) is 2.06. The average Bonchev–Trinajstić information content (AvgIpc) is 2.70. The van der Waals surface area contributed by atoms with Crippen LogP contribution in [0.2, 0.25) is 0 Å². The number of fused-ring (bicyclic) bond motifs is 1. The lowest BCUT2D eigenvalue weighted by atomic mass is 10.1. The maximum atomic E-state index is 5.40. The van der Waals surface area contributed by atoms with Crippen molar-refractivity contribution in [3.63, 3.8) is 0 Å². The van der Waals surface area contributed by atoms with Gasteiger partial charge in [0.1, 0.15) is 5.75 Å². The lowest BCUT2D eigenvalue weighted by Crippen LogP contribution is -2.37. The number of methoxy groups -OCH3 is 1. The van der Waals surface area contributed by atoms with E-state index < -0.39 is 0 Å². The van der Waals surface area contributed by atoms with Crippen molar-refractivity contribution in [3.05, 3.63) is 72.1 Å². The standard InChI is InChI=1S/C21H24N4O.HI/c1-3-22-21(24-14-17-9-5-7-11-20(17)26-2)25-15-19-18-10-6-4-8-16(18)12-13-23-19;/h4-13H,3,14-15H2,1-2H3,(H2,22,24,25);1H. The number of benzene rings is 2. The molecular weight excluding hydrogens is 451 g/mol. The Kier molecular flexibility index (Phi) is 8.32. The maximum absolute atomic E-state index is 5.40. The molecule has 2 N–H and O–H groups in total. The molecule has 5 nitrogen and oxygen atoms in total. The molecule has 0 aliphatic heterocycles. The average molecular weight is 476 g/mol. The number of hydrogen-bond acceptors (Lipinski definition) is 3. The monoisotopic (exact) mass is 476 g/mol. The summed E-state index contributed by atoms with van der Waals surface area (Å²) >= 11 is 0. The van der Waals surface area contributed by atoms with E-state index in [-0.39, 0.29) is 24.0 Å². The zero-order valence-corrected chi connectivity index (χ0v) is 17.9. The largest absolute Gasteiger partial charge is 0.496 e. The first-order valence-corrected chi connectivity index (χ1v) is 8.78. The van der Waals surface area contributed by atoms with E-state index in [0.717, 1.165) is 34.9 Å². The van der Waals surface area contributed by atoms with Gasteiger partial charge in [0.25, 0.3) is 0 Å². The smallest absolute Gasteiger partial charge is 0.191 e. The number of ether oxygens (including phenoxy) is 1. The lowest BCUT2D eigenvalue weighted by Gasteiger charge is -2.13. The van der Waals surface area contributed by atoms with Crippen LogP contribution in [0.15, 0.2) is 65.8 Å². The molecule has 0 fully saturated rings. The number of nitrogens with one attached hydrogen (secondary N) is 2. The molecule has 0 aliphatic carbocycles. The van der Waals surface area contributed by atoms with Crippen LogP contribution in [0.3, 0.4) is 0 Å². The van der Waals surface area contributed by atoms with Crippen molar-refractivity contribution in [2.75, 3.05) is 13.7 Å². The van der Waals surface area contributed by atoms with Gasteiger partial charge in [-0.15, -0.1) is 24.0 Å². The van der Waals surface area contributed by atoms with Gasteiger partial charge in [-0.2, -0.15) is 0 Å². The van der Waals surface area contributed by atoms with Gasteiger partial charge in [0.05, 0.1) is 25.9 Å². The number of hydrogen-bond donors (Lipinski definition) is 2. The Bertz CT molecular complexity index is 893. The molecule has 0 bridgehead atoms. The number of guanidine groups is 1. The van der Waals surface area contributed by atoms with Gasteiger partial charge in [-0.05, 0) is 24.4 Å². The second-order valence-corrected chi connectivity index (χ2v) is 5.84. The first-order chi connectivity index (χ1) is 12.8. The molecule has 1 aromatic heterocycles. The Labute approximate surface area is 177 Å². The van der Waals surface area contributed by atoms with Crippen molar-refractivity contribution >= 4 is 40.7 Å². The number of rotatable bonds is 6. The van der Waals surface area contributed by atoms with Gasteiger partial charge in [0.15, 0.2) is 5.96 Å². The normalized spacial score (nSPS) is 11.0. The van der Waals surface area contributed by atoms with Crippen molar-refractivity contribution in [1.82, 2.24) is 15.6 Å². The van der Waals surface area contributed by atoms with E-state index in [2.05, 4.69) is 39.7 Å². The molecule has 0 saturated heterocycles. The van der Waals surface area contributed by atoms with Gasteiger partial charge in [-0.3, -0.25) is 4.98 Å². The van der Waals surface area contributed by atoms with Gasteiger partial charge in [0, 0.05) is 23.7 Å². The van der Waals surface area contributed by atoms with E-state index in [1.165, 1.54) is 5.39 Å². The summed E-state index contributed by atoms with van der Waals surface area (Å²) in [5, 5.41) is 9.00. The summed E-state index contributed by atoms with van der Waals surface area (Å²) in [6.07, 6.45) is 1.85. The minimum atomic E-state index is 0. The summed E-state index contributed by atoms with van der Waals surface area (Å²) in [7, 11) is 1.68. The fourth-order valence-electron chi connectivity index (χ4n) is 2.83. The van der Waals surface area contributed by atoms with Crippen molar-refractivity contribution < 1.29 is 4.74 Å². The summed E-state index contributed by atoms with van der Waals surface area (Å²) in [6.45, 7) is 4.00. The van der Waals surface area contributed by atoms with Crippen molar-refractivity contribution in [2.45, 2.75) is 20.0 Å². The maximum Gasteiger partial charge on any atom is 0.191 e. The molecule has 1 heterocycles. The second-order valence-electron chi connectivity index (χ2n) is 5.84. The molecule has 0 radical (unpaired) electrons. The van der Waals surface area contributed by atoms with E-state index in [0.29, 0.717) is 13.1 Å². The molecule has 0 spiro atoms. The van der Waals surface area contributed by atoms with E-state index in [9.17, 15) is 0 Å².